The van der Waals surface area contributed by atoms with Crippen LogP contribution >= 0.6 is 0 Å². The third kappa shape index (κ3) is 6.20. The first-order valence-electron chi connectivity index (χ1n) is 9.25. The quantitative estimate of drug-likeness (QED) is 0.690. The minimum atomic E-state index is -0.848. The molecule has 0 radical (unpaired) electrons. The summed E-state index contributed by atoms with van der Waals surface area (Å²) in [5.41, 5.74) is 0. The number of esters is 1. The molecule has 2 N–H and O–H groups in total. The van der Waals surface area contributed by atoms with E-state index in [0.29, 0.717) is 12.5 Å². The Kier molecular flexibility index (Phi) is 7.69. The van der Waals surface area contributed by atoms with Gasteiger partial charge in [-0.2, -0.15) is 0 Å². The van der Waals surface area contributed by atoms with Crippen molar-refractivity contribution in [3.63, 3.8) is 0 Å². The molecule has 7 heteroatoms. The van der Waals surface area contributed by atoms with Gasteiger partial charge in [0.15, 0.2) is 12.4 Å². The number of hydrogen-bond acceptors (Lipinski definition) is 5. The topological polar surface area (TPSA) is 97.6 Å². The Bertz CT molecular complexity index is 591. The van der Waals surface area contributed by atoms with Crippen molar-refractivity contribution in [1.82, 2.24) is 10.6 Å². The van der Waals surface area contributed by atoms with Crippen LogP contribution in [0, 0.1) is 11.8 Å². The standard InChI is InChI=1S/C19H28N2O5/c1-13(2)17(21-18(23)15-9-6-10-25-15)19(24)26-12-16(22)20-11-14-7-4-3-5-8-14/h6,9-10,13-14,17H,3-5,7-8,11-12H2,1-2H3,(H,20,22)(H,21,23). The van der Waals surface area contributed by atoms with Gasteiger partial charge in [-0.05, 0) is 36.8 Å². The highest BCUT2D eigenvalue weighted by atomic mass is 16.5. The van der Waals surface area contributed by atoms with Crippen molar-refractivity contribution in [2.75, 3.05) is 13.2 Å². The highest BCUT2D eigenvalue weighted by Crippen LogP contribution is 2.22. The van der Waals surface area contributed by atoms with Gasteiger partial charge >= 0.3 is 5.97 Å². The van der Waals surface area contributed by atoms with Crippen molar-refractivity contribution in [2.24, 2.45) is 11.8 Å². The first-order valence-corrected chi connectivity index (χ1v) is 9.25. The second kappa shape index (κ2) is 9.99. The Morgan fingerprint density at radius 3 is 2.58 bits per heavy atom. The van der Waals surface area contributed by atoms with Crippen molar-refractivity contribution in [2.45, 2.75) is 52.0 Å². The van der Waals surface area contributed by atoms with Crippen molar-refractivity contribution in [3.8, 4) is 0 Å². The summed E-state index contributed by atoms with van der Waals surface area (Å²) >= 11 is 0. The third-order valence-electron chi connectivity index (χ3n) is 4.61. The van der Waals surface area contributed by atoms with Crippen molar-refractivity contribution >= 4 is 17.8 Å². The molecule has 1 aromatic rings. The number of furan rings is 1. The van der Waals surface area contributed by atoms with Gasteiger partial charge in [-0.25, -0.2) is 4.79 Å². The SMILES string of the molecule is CC(C)C(NC(=O)c1ccco1)C(=O)OCC(=O)NCC1CCCCC1. The average Bonchev–Trinajstić information content (AvgIpc) is 3.17. The molecular formula is C19H28N2O5. The van der Waals surface area contributed by atoms with Gasteiger partial charge in [0.05, 0.1) is 6.26 Å². The Hall–Kier alpha value is -2.31. The lowest BCUT2D eigenvalue weighted by atomic mass is 9.89. The van der Waals surface area contributed by atoms with Gasteiger partial charge < -0.3 is 19.8 Å². The Balaban J connectivity index is 1.75. The predicted octanol–water partition coefficient (Wildman–Crippen LogP) is 2.27. The molecule has 0 spiro atoms. The van der Waals surface area contributed by atoms with E-state index in [1.807, 2.05) is 0 Å². The van der Waals surface area contributed by atoms with Gasteiger partial charge in [-0.3, -0.25) is 9.59 Å². The molecule has 0 saturated heterocycles. The number of carbonyl (C=O) groups is 3. The molecular weight excluding hydrogens is 336 g/mol. The van der Waals surface area contributed by atoms with E-state index in [1.165, 1.54) is 31.6 Å². The van der Waals surface area contributed by atoms with Crippen LogP contribution in [0.25, 0.3) is 0 Å². The minimum absolute atomic E-state index is 0.119. The third-order valence-corrected chi connectivity index (χ3v) is 4.61. The van der Waals surface area contributed by atoms with Crippen LogP contribution in [-0.2, 0) is 14.3 Å². The van der Waals surface area contributed by atoms with Crippen LogP contribution in [-0.4, -0.2) is 37.0 Å². The van der Waals surface area contributed by atoms with Gasteiger partial charge in [0.1, 0.15) is 6.04 Å². The zero-order chi connectivity index (χ0) is 18.9. The smallest absolute Gasteiger partial charge is 0.329 e. The monoisotopic (exact) mass is 364 g/mol. The van der Waals surface area contributed by atoms with Gasteiger partial charge in [-0.1, -0.05) is 33.1 Å². The number of amides is 2. The molecule has 7 nitrogen and oxygen atoms in total. The summed E-state index contributed by atoms with van der Waals surface area (Å²) in [6.45, 7) is 3.86. The van der Waals surface area contributed by atoms with Crippen LogP contribution in [0.2, 0.25) is 0 Å². The zero-order valence-electron chi connectivity index (χ0n) is 15.5. The summed E-state index contributed by atoms with van der Waals surface area (Å²) in [6, 6.07) is 2.25. The molecule has 0 bridgehead atoms. The molecule has 144 valence electrons. The number of nitrogens with one attached hydrogen (secondary N) is 2. The second-order valence-corrected chi connectivity index (χ2v) is 7.09. The van der Waals surface area contributed by atoms with Crippen LogP contribution in [0.5, 0.6) is 0 Å². The lowest BCUT2D eigenvalue weighted by Gasteiger charge is -2.22. The predicted molar refractivity (Wildman–Crippen MR) is 95.3 cm³/mol. The fourth-order valence-electron chi connectivity index (χ4n) is 3.04. The van der Waals surface area contributed by atoms with E-state index in [9.17, 15) is 14.4 Å². The molecule has 1 aromatic heterocycles. The molecule has 1 heterocycles. The summed E-state index contributed by atoms with van der Waals surface area (Å²) in [4.78, 5) is 36.2. The molecule has 2 amide bonds. The molecule has 2 rings (SSSR count). The number of carbonyl (C=O) groups excluding carboxylic acids is 3. The Morgan fingerprint density at radius 2 is 1.96 bits per heavy atom. The molecule has 1 aliphatic rings. The normalized spacial score (nSPS) is 16.1. The molecule has 0 aliphatic heterocycles. The van der Waals surface area contributed by atoms with E-state index in [-0.39, 0.29) is 24.2 Å². The van der Waals surface area contributed by atoms with E-state index in [1.54, 1.807) is 19.9 Å². The van der Waals surface area contributed by atoms with E-state index >= 15 is 0 Å². The van der Waals surface area contributed by atoms with E-state index < -0.39 is 17.9 Å². The van der Waals surface area contributed by atoms with Gasteiger partial charge in [0.2, 0.25) is 0 Å². The second-order valence-electron chi connectivity index (χ2n) is 7.09. The maximum Gasteiger partial charge on any atom is 0.329 e. The summed E-state index contributed by atoms with van der Waals surface area (Å²) in [5, 5.41) is 5.41. The van der Waals surface area contributed by atoms with Crippen LogP contribution in [0.15, 0.2) is 22.8 Å². The number of rotatable bonds is 8. The first kappa shape index (κ1) is 20.0. The molecule has 26 heavy (non-hydrogen) atoms. The summed E-state index contributed by atoms with van der Waals surface area (Å²) in [5.74, 6) is -0.997. The van der Waals surface area contributed by atoms with Crippen molar-refractivity contribution < 1.29 is 23.5 Å². The molecule has 0 aromatic carbocycles. The van der Waals surface area contributed by atoms with Crippen LogP contribution in [0.3, 0.4) is 0 Å². The summed E-state index contributed by atoms with van der Waals surface area (Å²) in [7, 11) is 0. The fraction of sp³-hybridized carbons (Fsp3) is 0.632. The van der Waals surface area contributed by atoms with Crippen LogP contribution in [0.4, 0.5) is 0 Å². The van der Waals surface area contributed by atoms with Gasteiger partial charge in [-0.15, -0.1) is 0 Å². The van der Waals surface area contributed by atoms with Crippen LogP contribution in [0.1, 0.15) is 56.5 Å². The van der Waals surface area contributed by atoms with Crippen molar-refractivity contribution in [3.05, 3.63) is 24.2 Å². The summed E-state index contributed by atoms with van der Waals surface area (Å²) in [6.07, 6.45) is 7.33. The maximum atomic E-state index is 12.3. The highest BCUT2D eigenvalue weighted by molar-refractivity contribution is 5.94. The molecule has 1 unspecified atom stereocenters. The lowest BCUT2D eigenvalue weighted by molar-refractivity contribution is -0.151. The number of hydrogen-bond donors (Lipinski definition) is 2. The van der Waals surface area contributed by atoms with E-state index in [2.05, 4.69) is 10.6 Å². The minimum Gasteiger partial charge on any atom is -0.459 e. The maximum absolute atomic E-state index is 12.3. The fourth-order valence-corrected chi connectivity index (χ4v) is 3.04. The average molecular weight is 364 g/mol. The number of ether oxygens (including phenoxy) is 1. The largest absolute Gasteiger partial charge is 0.459 e. The molecule has 1 aliphatic carbocycles. The van der Waals surface area contributed by atoms with Gasteiger partial charge in [0.25, 0.3) is 11.8 Å². The highest BCUT2D eigenvalue weighted by Gasteiger charge is 2.27. The van der Waals surface area contributed by atoms with E-state index in [4.69, 9.17) is 9.15 Å². The molecule has 1 fully saturated rings. The lowest BCUT2D eigenvalue weighted by Crippen LogP contribution is -2.46. The zero-order valence-corrected chi connectivity index (χ0v) is 15.5. The first-order chi connectivity index (χ1) is 12.5. The van der Waals surface area contributed by atoms with E-state index in [0.717, 1.165) is 12.8 Å². The Labute approximate surface area is 153 Å². The summed E-state index contributed by atoms with van der Waals surface area (Å²) < 4.78 is 10.1. The van der Waals surface area contributed by atoms with Gasteiger partial charge in [0, 0.05) is 6.54 Å². The molecule has 1 saturated carbocycles. The van der Waals surface area contributed by atoms with Crippen molar-refractivity contribution in [1.29, 1.82) is 0 Å². The van der Waals surface area contributed by atoms with Crippen LogP contribution < -0.4 is 10.6 Å². The Morgan fingerprint density at radius 1 is 1.23 bits per heavy atom. The molecule has 1 atom stereocenters.